The number of halogens is 1. The minimum Gasteiger partial charge on any atom is -0.344 e. The zero-order valence-electron chi connectivity index (χ0n) is 27.8. The third-order valence-corrected chi connectivity index (χ3v) is 10.2. The van der Waals surface area contributed by atoms with Gasteiger partial charge in [-0.25, -0.2) is 4.98 Å². The van der Waals surface area contributed by atoms with Crippen molar-refractivity contribution in [1.29, 1.82) is 0 Å². The largest absolute Gasteiger partial charge is 0.344 e. The lowest BCUT2D eigenvalue weighted by molar-refractivity contribution is -0.139. The van der Waals surface area contributed by atoms with Crippen LogP contribution in [-0.4, -0.2) is 50.6 Å². The molecule has 9 heteroatoms. The van der Waals surface area contributed by atoms with Crippen LogP contribution in [0, 0.1) is 11.3 Å². The summed E-state index contributed by atoms with van der Waals surface area (Å²) in [6.07, 6.45) is 15.6. The zero-order chi connectivity index (χ0) is 32.8. The number of carbonyl (C=O) groups is 2. The number of aryl methyl sites for hydroxylation is 1. The summed E-state index contributed by atoms with van der Waals surface area (Å²) in [6.45, 7) is 7.00. The van der Waals surface area contributed by atoms with Gasteiger partial charge in [-0.15, -0.1) is 0 Å². The van der Waals surface area contributed by atoms with E-state index in [4.69, 9.17) is 17.3 Å². The van der Waals surface area contributed by atoms with E-state index < -0.39 is 6.04 Å². The fourth-order valence-corrected chi connectivity index (χ4v) is 7.14. The third-order valence-electron chi connectivity index (χ3n) is 9.93. The first-order chi connectivity index (χ1) is 22.4. The number of unbranched alkanes of at least 4 members (excludes halogenated alkanes) is 1. The molecule has 1 saturated heterocycles. The van der Waals surface area contributed by atoms with Gasteiger partial charge in [-0.3, -0.25) is 14.3 Å². The monoisotopic (exact) mass is 648 g/mol. The van der Waals surface area contributed by atoms with Gasteiger partial charge in [-0.1, -0.05) is 94.0 Å². The number of rotatable bonds is 12. The molecule has 1 aliphatic carbocycles. The van der Waals surface area contributed by atoms with Crippen molar-refractivity contribution in [1.82, 2.24) is 25.0 Å². The van der Waals surface area contributed by atoms with Gasteiger partial charge >= 0.3 is 0 Å². The molecule has 2 aromatic carbocycles. The van der Waals surface area contributed by atoms with Crippen LogP contribution in [0.15, 0.2) is 61.2 Å². The van der Waals surface area contributed by atoms with Gasteiger partial charge in [-0.05, 0) is 72.3 Å². The molecule has 5 rings (SSSR count). The lowest BCUT2D eigenvalue weighted by Crippen LogP contribution is -2.54. The zero-order valence-corrected chi connectivity index (χ0v) is 28.6. The third kappa shape index (κ3) is 10.1. The molecule has 1 atom stereocenters. The molecule has 3 N–H and O–H groups in total. The number of nitrogens with one attached hydrogen (secondary N) is 1. The summed E-state index contributed by atoms with van der Waals surface area (Å²) in [5.74, 6) is 0.487. The summed E-state index contributed by atoms with van der Waals surface area (Å²) in [5.41, 5.74) is 9.07. The van der Waals surface area contributed by atoms with E-state index in [1.54, 1.807) is 6.33 Å². The van der Waals surface area contributed by atoms with E-state index in [9.17, 15) is 9.59 Å². The highest BCUT2D eigenvalue weighted by molar-refractivity contribution is 6.30. The Balaban J connectivity index is 0.00000113. The molecule has 1 saturated carbocycles. The van der Waals surface area contributed by atoms with E-state index >= 15 is 0 Å². The molecule has 2 heterocycles. The minimum absolute atomic E-state index is 0.0151. The predicted molar refractivity (Wildman–Crippen MR) is 185 cm³/mol. The lowest BCUT2D eigenvalue weighted by Gasteiger charge is -2.48. The maximum Gasteiger partial charge on any atom is 0.245 e. The van der Waals surface area contributed by atoms with Gasteiger partial charge in [0.2, 0.25) is 11.8 Å². The predicted octanol–water partition coefficient (Wildman–Crippen LogP) is 6.75. The van der Waals surface area contributed by atoms with E-state index in [1.165, 1.54) is 44.9 Å². The van der Waals surface area contributed by atoms with Crippen LogP contribution in [0.3, 0.4) is 0 Å². The Bertz CT molecular complexity index is 1330. The maximum atomic E-state index is 14.0. The molecule has 2 amide bonds. The maximum absolute atomic E-state index is 14.0. The highest BCUT2D eigenvalue weighted by Crippen LogP contribution is 2.47. The quantitative estimate of drug-likeness (QED) is 0.226. The minimum atomic E-state index is -0.638. The summed E-state index contributed by atoms with van der Waals surface area (Å²) in [5, 5.41) is 8.16. The SMILES string of the molecule is CCCC.NCc1ccccc1CCC(=O)N[C@H](Cc1ccc(Cl)cc1)C(=O)N1CCC(Cn2cncn2)(C2CCCCC2)CC1. The van der Waals surface area contributed by atoms with Crippen molar-refractivity contribution >= 4 is 23.4 Å². The number of hydrogen-bond donors (Lipinski definition) is 2. The van der Waals surface area contributed by atoms with Crippen molar-refractivity contribution in [3.8, 4) is 0 Å². The number of benzene rings is 2. The normalized spacial score (nSPS) is 17.1. The Kier molecular flexibility index (Phi) is 14.1. The molecule has 8 nitrogen and oxygen atoms in total. The van der Waals surface area contributed by atoms with Crippen molar-refractivity contribution in [2.24, 2.45) is 17.1 Å². The number of carbonyl (C=O) groups excluding carboxylic acids is 2. The number of nitrogens with zero attached hydrogens (tertiary/aromatic N) is 4. The van der Waals surface area contributed by atoms with Crippen molar-refractivity contribution in [3.05, 3.63) is 82.9 Å². The van der Waals surface area contributed by atoms with Gasteiger partial charge in [0.05, 0.1) is 0 Å². The van der Waals surface area contributed by atoms with Gasteiger partial charge in [0, 0.05) is 44.0 Å². The summed E-state index contributed by atoms with van der Waals surface area (Å²) < 4.78 is 1.97. The molecule has 0 spiro atoms. The first-order valence-corrected chi connectivity index (χ1v) is 17.7. The van der Waals surface area contributed by atoms with Gasteiger partial charge in [-0.2, -0.15) is 5.10 Å². The molecule has 250 valence electrons. The van der Waals surface area contributed by atoms with Crippen LogP contribution in [0.4, 0.5) is 0 Å². The Morgan fingerprint density at radius 3 is 2.28 bits per heavy atom. The highest BCUT2D eigenvalue weighted by atomic mass is 35.5. The van der Waals surface area contributed by atoms with Crippen molar-refractivity contribution in [3.63, 3.8) is 0 Å². The fraction of sp³-hybridized carbons (Fsp3) is 0.568. The molecule has 2 fully saturated rings. The Morgan fingerprint density at radius 1 is 1.00 bits per heavy atom. The molecule has 3 aromatic rings. The first kappa shape index (κ1) is 35.6. The molecule has 0 unspecified atom stereocenters. The first-order valence-electron chi connectivity index (χ1n) is 17.3. The second kappa shape index (κ2) is 18.2. The average Bonchev–Trinajstić information content (AvgIpc) is 3.61. The summed E-state index contributed by atoms with van der Waals surface area (Å²) in [7, 11) is 0. The Hall–Kier alpha value is -3.23. The summed E-state index contributed by atoms with van der Waals surface area (Å²) >= 11 is 6.12. The van der Waals surface area contributed by atoms with E-state index in [0.29, 0.717) is 49.8 Å². The lowest BCUT2D eigenvalue weighted by atomic mass is 9.63. The van der Waals surface area contributed by atoms with Crippen LogP contribution in [0.5, 0.6) is 0 Å². The van der Waals surface area contributed by atoms with Gasteiger partial charge in [0.1, 0.15) is 18.7 Å². The molecular formula is C37H53ClN6O2. The van der Waals surface area contributed by atoms with Crippen LogP contribution < -0.4 is 11.1 Å². The number of likely N-dealkylation sites (tertiary alicyclic amines) is 1. The molecule has 0 radical (unpaired) electrons. The van der Waals surface area contributed by atoms with Crippen LogP contribution in [0.1, 0.15) is 94.7 Å². The number of aromatic nitrogens is 3. The summed E-state index contributed by atoms with van der Waals surface area (Å²) in [6, 6.07) is 14.8. The van der Waals surface area contributed by atoms with Gasteiger partial charge in [0.15, 0.2) is 0 Å². The molecule has 1 aliphatic heterocycles. The second-order valence-corrected chi connectivity index (χ2v) is 13.5. The molecule has 1 aromatic heterocycles. The van der Waals surface area contributed by atoms with E-state index in [1.807, 2.05) is 64.4 Å². The Labute approximate surface area is 280 Å². The number of piperidine rings is 1. The van der Waals surface area contributed by atoms with E-state index in [-0.39, 0.29) is 17.2 Å². The summed E-state index contributed by atoms with van der Waals surface area (Å²) in [4.78, 5) is 33.4. The standard InChI is InChI=1S/C33H43ClN6O2.C4H10/c34-29-13-10-25(11-14-29)20-30(38-31(41)15-12-26-6-4-5-7-27(26)21-35)32(42)39-18-16-33(17-19-39,22-40-24-36-23-37-40)28-8-2-1-3-9-28;1-3-4-2/h4-7,10-11,13-14,23-24,28,30H,1-3,8-9,12,15-22,35H2,(H,38,41);3-4H2,1-2H3/t30-;/m1./s1. The van der Waals surface area contributed by atoms with Crippen molar-refractivity contribution < 1.29 is 9.59 Å². The topological polar surface area (TPSA) is 106 Å². The van der Waals surface area contributed by atoms with Crippen LogP contribution >= 0.6 is 11.6 Å². The molecule has 0 bridgehead atoms. The molecule has 46 heavy (non-hydrogen) atoms. The number of hydrogen-bond acceptors (Lipinski definition) is 5. The Morgan fingerprint density at radius 2 is 1.67 bits per heavy atom. The fourth-order valence-electron chi connectivity index (χ4n) is 7.01. The van der Waals surface area contributed by atoms with E-state index in [2.05, 4.69) is 29.2 Å². The van der Waals surface area contributed by atoms with Crippen LogP contribution in [0.2, 0.25) is 5.02 Å². The molecular weight excluding hydrogens is 596 g/mol. The second-order valence-electron chi connectivity index (χ2n) is 13.0. The molecule has 2 aliphatic rings. The number of nitrogens with two attached hydrogens (primary N) is 1. The average molecular weight is 649 g/mol. The van der Waals surface area contributed by atoms with Gasteiger partial charge in [0.25, 0.3) is 0 Å². The van der Waals surface area contributed by atoms with Crippen molar-refractivity contribution in [2.45, 2.75) is 110 Å². The van der Waals surface area contributed by atoms with E-state index in [0.717, 1.165) is 36.1 Å². The van der Waals surface area contributed by atoms with Crippen LogP contribution in [0.25, 0.3) is 0 Å². The van der Waals surface area contributed by atoms with Crippen LogP contribution in [-0.2, 0) is 35.5 Å². The van der Waals surface area contributed by atoms with Crippen molar-refractivity contribution in [2.75, 3.05) is 13.1 Å². The van der Waals surface area contributed by atoms with Gasteiger partial charge < -0.3 is 16.0 Å². The smallest absolute Gasteiger partial charge is 0.245 e. The highest BCUT2D eigenvalue weighted by Gasteiger charge is 2.43. The number of amides is 2.